The maximum absolute atomic E-state index is 11.7. The highest BCUT2D eigenvalue weighted by Gasteiger charge is 2.22. The van der Waals surface area contributed by atoms with E-state index in [1.165, 1.54) is 6.92 Å². The minimum absolute atomic E-state index is 0.0393. The third kappa shape index (κ3) is 2.12. The van der Waals surface area contributed by atoms with E-state index in [9.17, 15) is 9.59 Å². The van der Waals surface area contributed by atoms with Gasteiger partial charge in [-0.2, -0.15) is 0 Å². The van der Waals surface area contributed by atoms with Crippen molar-refractivity contribution in [3.63, 3.8) is 0 Å². The van der Waals surface area contributed by atoms with Crippen molar-refractivity contribution in [1.82, 2.24) is 4.98 Å². The first-order chi connectivity index (χ1) is 6.86. The van der Waals surface area contributed by atoms with Crippen molar-refractivity contribution >= 4 is 23.2 Å². The van der Waals surface area contributed by atoms with Crippen LogP contribution < -0.4 is 0 Å². The average molecular weight is 228 g/mol. The number of carbonyl (C=O) groups excluding carboxylic acids is 2. The van der Waals surface area contributed by atoms with Gasteiger partial charge < -0.3 is 4.98 Å². The van der Waals surface area contributed by atoms with Crippen molar-refractivity contribution in [1.29, 1.82) is 0 Å². The number of halogens is 1. The van der Waals surface area contributed by atoms with Crippen molar-refractivity contribution in [3.05, 3.63) is 22.5 Å². The summed E-state index contributed by atoms with van der Waals surface area (Å²) in [4.78, 5) is 25.9. The fourth-order valence-corrected chi connectivity index (χ4v) is 1.83. The number of rotatable bonds is 3. The van der Waals surface area contributed by atoms with Crippen LogP contribution in [0.5, 0.6) is 0 Å². The second kappa shape index (κ2) is 4.19. The van der Waals surface area contributed by atoms with Gasteiger partial charge in [0.1, 0.15) is 0 Å². The van der Waals surface area contributed by atoms with E-state index in [-0.39, 0.29) is 11.6 Å². The van der Waals surface area contributed by atoms with Crippen LogP contribution in [-0.2, 0) is 0 Å². The SMILES string of the molecule is CC(=O)c1c(C)[nH]c(C(=O)C(C)Cl)c1C. The summed E-state index contributed by atoms with van der Waals surface area (Å²) in [6.07, 6.45) is 0. The molecule has 4 heteroatoms. The smallest absolute Gasteiger partial charge is 0.196 e. The van der Waals surface area contributed by atoms with E-state index in [1.807, 2.05) is 0 Å². The van der Waals surface area contributed by atoms with Gasteiger partial charge in [0.05, 0.1) is 11.1 Å². The molecule has 0 saturated heterocycles. The number of carbonyl (C=O) groups is 2. The summed E-state index contributed by atoms with van der Waals surface area (Å²) < 4.78 is 0. The van der Waals surface area contributed by atoms with Crippen LogP contribution >= 0.6 is 11.6 Å². The molecular weight excluding hydrogens is 214 g/mol. The number of aromatic nitrogens is 1. The van der Waals surface area contributed by atoms with Gasteiger partial charge in [0.2, 0.25) is 0 Å². The first kappa shape index (κ1) is 12.0. The molecule has 1 rings (SSSR count). The molecule has 0 aromatic carbocycles. The monoisotopic (exact) mass is 227 g/mol. The zero-order valence-corrected chi connectivity index (χ0v) is 10.0. The molecule has 0 aliphatic rings. The molecule has 3 nitrogen and oxygen atoms in total. The molecule has 0 saturated carbocycles. The van der Waals surface area contributed by atoms with Gasteiger partial charge >= 0.3 is 0 Å². The molecule has 1 aromatic heterocycles. The quantitative estimate of drug-likeness (QED) is 0.638. The van der Waals surface area contributed by atoms with E-state index in [2.05, 4.69) is 4.98 Å². The molecule has 1 heterocycles. The molecule has 0 aliphatic heterocycles. The minimum Gasteiger partial charge on any atom is -0.355 e. The number of aryl methyl sites for hydroxylation is 1. The molecule has 0 radical (unpaired) electrons. The van der Waals surface area contributed by atoms with Crippen LogP contribution in [0.25, 0.3) is 0 Å². The summed E-state index contributed by atoms with van der Waals surface area (Å²) in [7, 11) is 0. The topological polar surface area (TPSA) is 49.9 Å². The Balaban J connectivity index is 3.30. The van der Waals surface area contributed by atoms with Gasteiger partial charge in [-0.25, -0.2) is 0 Å². The van der Waals surface area contributed by atoms with Gasteiger partial charge in [-0.1, -0.05) is 0 Å². The fourth-order valence-electron chi connectivity index (χ4n) is 1.72. The molecule has 1 atom stereocenters. The van der Waals surface area contributed by atoms with E-state index in [0.717, 1.165) is 5.69 Å². The molecule has 0 amide bonds. The third-order valence-electron chi connectivity index (χ3n) is 2.40. The molecule has 15 heavy (non-hydrogen) atoms. The van der Waals surface area contributed by atoms with Crippen molar-refractivity contribution in [2.45, 2.75) is 33.1 Å². The molecule has 1 N–H and O–H groups in total. The van der Waals surface area contributed by atoms with Crippen LogP contribution in [-0.4, -0.2) is 21.9 Å². The Hall–Kier alpha value is -1.09. The summed E-state index contributed by atoms with van der Waals surface area (Å²) >= 11 is 5.72. The van der Waals surface area contributed by atoms with Crippen molar-refractivity contribution in [3.8, 4) is 0 Å². The number of nitrogens with one attached hydrogen (secondary N) is 1. The normalized spacial score (nSPS) is 12.6. The molecule has 1 aromatic rings. The zero-order chi connectivity index (χ0) is 11.7. The number of aromatic amines is 1. The standard InChI is InChI=1S/C11H14ClNO2/c1-5-9(8(4)14)7(3)13-10(5)11(15)6(2)12/h6,13H,1-4H3. The zero-order valence-electron chi connectivity index (χ0n) is 9.27. The maximum Gasteiger partial charge on any atom is 0.196 e. The van der Waals surface area contributed by atoms with Crippen LogP contribution in [0.1, 0.15) is 46.0 Å². The number of H-pyrrole nitrogens is 1. The highest BCUT2D eigenvalue weighted by atomic mass is 35.5. The lowest BCUT2D eigenvalue weighted by atomic mass is 10.0. The Labute approximate surface area is 93.8 Å². The number of alkyl halides is 1. The fraction of sp³-hybridized carbons (Fsp3) is 0.455. The lowest BCUT2D eigenvalue weighted by molar-refractivity contribution is 0.0986. The van der Waals surface area contributed by atoms with E-state index in [4.69, 9.17) is 11.6 Å². The third-order valence-corrected chi connectivity index (χ3v) is 2.60. The van der Waals surface area contributed by atoms with Crippen LogP contribution in [0.4, 0.5) is 0 Å². The van der Waals surface area contributed by atoms with Crippen molar-refractivity contribution < 1.29 is 9.59 Å². The predicted octanol–water partition coefficient (Wildman–Crippen LogP) is 2.64. The second-order valence-electron chi connectivity index (χ2n) is 3.66. The Morgan fingerprint density at radius 1 is 1.33 bits per heavy atom. The number of hydrogen-bond acceptors (Lipinski definition) is 2. The summed E-state index contributed by atoms with van der Waals surface area (Å²) in [5, 5.41) is -0.582. The van der Waals surface area contributed by atoms with Crippen LogP contribution in [0.15, 0.2) is 0 Å². The molecule has 1 unspecified atom stereocenters. The average Bonchev–Trinajstić information content (AvgIpc) is 2.40. The molecule has 0 aliphatic carbocycles. The largest absolute Gasteiger partial charge is 0.355 e. The van der Waals surface area contributed by atoms with E-state index in [1.54, 1.807) is 20.8 Å². The summed E-state index contributed by atoms with van der Waals surface area (Å²) in [6.45, 7) is 6.64. The first-order valence-electron chi connectivity index (χ1n) is 4.74. The Bertz CT molecular complexity index is 418. The summed E-state index contributed by atoms with van der Waals surface area (Å²) in [5.74, 6) is -0.215. The highest BCUT2D eigenvalue weighted by molar-refractivity contribution is 6.33. The molecule has 82 valence electrons. The Morgan fingerprint density at radius 2 is 1.87 bits per heavy atom. The van der Waals surface area contributed by atoms with Crippen LogP contribution in [0.2, 0.25) is 0 Å². The van der Waals surface area contributed by atoms with Gasteiger partial charge in [-0.15, -0.1) is 11.6 Å². The van der Waals surface area contributed by atoms with Gasteiger partial charge in [-0.3, -0.25) is 9.59 Å². The first-order valence-corrected chi connectivity index (χ1v) is 5.18. The second-order valence-corrected chi connectivity index (χ2v) is 4.32. The van der Waals surface area contributed by atoms with Gasteiger partial charge in [0.15, 0.2) is 11.6 Å². The maximum atomic E-state index is 11.7. The van der Waals surface area contributed by atoms with Gasteiger partial charge in [0.25, 0.3) is 0 Å². The summed E-state index contributed by atoms with van der Waals surface area (Å²) in [5.41, 5.74) is 2.45. The number of ketones is 2. The molecule has 0 fully saturated rings. The highest BCUT2D eigenvalue weighted by Crippen LogP contribution is 2.20. The van der Waals surface area contributed by atoms with Crippen molar-refractivity contribution in [2.24, 2.45) is 0 Å². The van der Waals surface area contributed by atoms with Crippen LogP contribution in [0, 0.1) is 13.8 Å². The Kier molecular flexibility index (Phi) is 3.35. The Morgan fingerprint density at radius 3 is 2.20 bits per heavy atom. The molecular formula is C11H14ClNO2. The number of Topliss-reactive ketones (excluding diaryl/α,β-unsaturated/α-hetero) is 2. The minimum atomic E-state index is -0.582. The molecule has 0 spiro atoms. The lowest BCUT2D eigenvalue weighted by Gasteiger charge is -2.01. The van der Waals surface area contributed by atoms with E-state index >= 15 is 0 Å². The van der Waals surface area contributed by atoms with E-state index < -0.39 is 5.38 Å². The number of hydrogen-bond donors (Lipinski definition) is 1. The van der Waals surface area contributed by atoms with E-state index in [0.29, 0.717) is 16.8 Å². The molecule has 0 bridgehead atoms. The van der Waals surface area contributed by atoms with Crippen LogP contribution in [0.3, 0.4) is 0 Å². The predicted molar refractivity (Wildman–Crippen MR) is 59.9 cm³/mol. The van der Waals surface area contributed by atoms with Gasteiger partial charge in [-0.05, 0) is 33.3 Å². The van der Waals surface area contributed by atoms with Crippen molar-refractivity contribution in [2.75, 3.05) is 0 Å². The van der Waals surface area contributed by atoms with Gasteiger partial charge in [0, 0.05) is 11.3 Å². The summed E-state index contributed by atoms with van der Waals surface area (Å²) in [6, 6.07) is 0. The lowest BCUT2D eigenvalue weighted by Crippen LogP contribution is -2.12.